The average molecular weight is 202 g/mol. The van der Waals surface area contributed by atoms with E-state index in [4.69, 9.17) is 0 Å². The van der Waals surface area contributed by atoms with E-state index in [9.17, 15) is 4.57 Å². The summed E-state index contributed by atoms with van der Waals surface area (Å²) in [7, 11) is 0.00669. The standard InChI is InChI=1S/C10H7N2OP/c13-14-8-4-6-12-10(7-8)9-3-1-2-5-11-9/h1-7H. The van der Waals surface area contributed by atoms with Gasteiger partial charge in [0.25, 0.3) is 0 Å². The molecule has 0 radical (unpaired) electrons. The lowest BCUT2D eigenvalue weighted by Gasteiger charge is -1.98. The second-order valence-electron chi connectivity index (χ2n) is 2.71. The van der Waals surface area contributed by atoms with Crippen molar-refractivity contribution in [3.63, 3.8) is 0 Å². The van der Waals surface area contributed by atoms with E-state index in [1.54, 1.807) is 24.5 Å². The van der Waals surface area contributed by atoms with Crippen LogP contribution in [-0.2, 0) is 4.57 Å². The lowest BCUT2D eigenvalue weighted by atomic mass is 10.2. The second kappa shape index (κ2) is 4.07. The number of hydrogen-bond acceptors (Lipinski definition) is 3. The SMILES string of the molecule is O=Pc1ccnc(-c2ccccn2)c1. The minimum Gasteiger partial charge on any atom is -0.269 e. The monoisotopic (exact) mass is 202 g/mol. The van der Waals surface area contributed by atoms with Gasteiger partial charge in [0.05, 0.1) is 11.4 Å². The van der Waals surface area contributed by atoms with E-state index in [0.717, 1.165) is 11.4 Å². The molecule has 14 heavy (non-hydrogen) atoms. The molecule has 0 spiro atoms. The maximum absolute atomic E-state index is 10.6. The van der Waals surface area contributed by atoms with Gasteiger partial charge >= 0.3 is 0 Å². The molecule has 0 atom stereocenters. The number of nitrogens with zero attached hydrogens (tertiary/aromatic N) is 2. The molecule has 4 heteroatoms. The van der Waals surface area contributed by atoms with Crippen LogP contribution < -0.4 is 5.30 Å². The van der Waals surface area contributed by atoms with Gasteiger partial charge in [-0.25, -0.2) is 0 Å². The van der Waals surface area contributed by atoms with Crippen molar-refractivity contribution < 1.29 is 4.57 Å². The fourth-order valence-electron chi connectivity index (χ4n) is 1.13. The van der Waals surface area contributed by atoms with E-state index >= 15 is 0 Å². The van der Waals surface area contributed by atoms with Crippen LogP contribution >= 0.6 is 8.46 Å². The van der Waals surface area contributed by atoms with Crippen molar-refractivity contribution in [2.75, 3.05) is 0 Å². The first-order chi connectivity index (χ1) is 6.90. The molecule has 0 N–H and O–H groups in total. The average Bonchev–Trinajstić information content (AvgIpc) is 2.30. The summed E-state index contributed by atoms with van der Waals surface area (Å²) in [5, 5.41) is 0.709. The van der Waals surface area contributed by atoms with E-state index in [1.807, 2.05) is 18.2 Å². The lowest BCUT2D eigenvalue weighted by Crippen LogP contribution is -1.94. The highest BCUT2D eigenvalue weighted by molar-refractivity contribution is 7.34. The zero-order valence-corrected chi connectivity index (χ0v) is 8.19. The molecule has 2 aromatic heterocycles. The zero-order chi connectivity index (χ0) is 9.80. The summed E-state index contributed by atoms with van der Waals surface area (Å²) in [4.78, 5) is 8.31. The molecule has 2 heterocycles. The van der Waals surface area contributed by atoms with E-state index < -0.39 is 0 Å². The van der Waals surface area contributed by atoms with Crippen molar-refractivity contribution in [2.45, 2.75) is 0 Å². The molecule has 0 bridgehead atoms. The summed E-state index contributed by atoms with van der Waals surface area (Å²) in [5.41, 5.74) is 1.53. The molecule has 2 aromatic rings. The van der Waals surface area contributed by atoms with Crippen molar-refractivity contribution in [2.24, 2.45) is 0 Å². The van der Waals surface area contributed by atoms with Gasteiger partial charge in [0.1, 0.15) is 0 Å². The summed E-state index contributed by atoms with van der Waals surface area (Å²) in [6.07, 6.45) is 3.34. The van der Waals surface area contributed by atoms with E-state index in [0.29, 0.717) is 5.30 Å². The van der Waals surface area contributed by atoms with Gasteiger partial charge < -0.3 is 0 Å². The summed E-state index contributed by atoms with van der Waals surface area (Å²) < 4.78 is 10.6. The number of pyridine rings is 2. The minimum atomic E-state index is 0.00669. The Morgan fingerprint density at radius 3 is 2.57 bits per heavy atom. The number of hydrogen-bond donors (Lipinski definition) is 0. The Kier molecular flexibility index (Phi) is 2.61. The minimum absolute atomic E-state index is 0.00669. The third-order valence-corrected chi connectivity index (χ3v) is 2.27. The zero-order valence-electron chi connectivity index (χ0n) is 7.29. The van der Waals surface area contributed by atoms with Crippen molar-refractivity contribution in [1.29, 1.82) is 0 Å². The largest absolute Gasteiger partial charge is 0.269 e. The molecule has 0 aliphatic carbocycles. The van der Waals surface area contributed by atoms with Crippen LogP contribution in [0.15, 0.2) is 42.7 Å². The Hall–Kier alpha value is -1.60. The van der Waals surface area contributed by atoms with Crippen LogP contribution in [0, 0.1) is 0 Å². The lowest BCUT2D eigenvalue weighted by molar-refractivity contribution is 0.603. The maximum Gasteiger partial charge on any atom is 0.192 e. The molecular formula is C10H7N2OP. The van der Waals surface area contributed by atoms with Crippen LogP contribution in [0.3, 0.4) is 0 Å². The number of aromatic nitrogens is 2. The topological polar surface area (TPSA) is 42.9 Å². The molecule has 0 saturated heterocycles. The Morgan fingerprint density at radius 2 is 1.86 bits per heavy atom. The maximum atomic E-state index is 10.6. The highest BCUT2D eigenvalue weighted by Gasteiger charge is 2.00. The van der Waals surface area contributed by atoms with E-state index in [2.05, 4.69) is 9.97 Å². The van der Waals surface area contributed by atoms with Gasteiger partial charge in [0, 0.05) is 17.7 Å². The summed E-state index contributed by atoms with van der Waals surface area (Å²) in [6, 6.07) is 9.08. The third-order valence-electron chi connectivity index (χ3n) is 1.78. The Bertz CT molecular complexity index is 445. The van der Waals surface area contributed by atoms with Gasteiger partial charge in [-0.15, -0.1) is 0 Å². The van der Waals surface area contributed by atoms with Crippen LogP contribution in [0.25, 0.3) is 11.4 Å². The van der Waals surface area contributed by atoms with Crippen LogP contribution in [0.4, 0.5) is 0 Å². The highest BCUT2D eigenvalue weighted by atomic mass is 31.1. The molecule has 3 nitrogen and oxygen atoms in total. The van der Waals surface area contributed by atoms with Gasteiger partial charge in [0.2, 0.25) is 0 Å². The van der Waals surface area contributed by atoms with Crippen molar-refractivity contribution in [1.82, 2.24) is 9.97 Å². The summed E-state index contributed by atoms with van der Waals surface area (Å²) in [5.74, 6) is 0. The smallest absolute Gasteiger partial charge is 0.192 e. The van der Waals surface area contributed by atoms with Gasteiger partial charge in [-0.1, -0.05) is 6.07 Å². The first-order valence-corrected chi connectivity index (χ1v) is 4.92. The van der Waals surface area contributed by atoms with Gasteiger partial charge in [-0.3, -0.25) is 14.5 Å². The first kappa shape index (κ1) is 8.97. The molecule has 0 unspecified atom stereocenters. The summed E-state index contributed by atoms with van der Waals surface area (Å²) >= 11 is 0. The fourth-order valence-corrected chi connectivity index (χ4v) is 1.43. The van der Waals surface area contributed by atoms with Crippen molar-refractivity contribution in [3.05, 3.63) is 42.7 Å². The fraction of sp³-hybridized carbons (Fsp3) is 0. The molecule has 0 amide bonds. The molecule has 0 aliphatic rings. The molecule has 0 aliphatic heterocycles. The van der Waals surface area contributed by atoms with Crippen LogP contribution in [0.1, 0.15) is 0 Å². The van der Waals surface area contributed by atoms with E-state index in [1.165, 1.54) is 0 Å². The van der Waals surface area contributed by atoms with Gasteiger partial charge in [-0.05, 0) is 24.3 Å². The van der Waals surface area contributed by atoms with Gasteiger partial charge in [-0.2, -0.15) is 0 Å². The third kappa shape index (κ3) is 1.83. The molecule has 0 aromatic carbocycles. The van der Waals surface area contributed by atoms with Gasteiger partial charge in [0.15, 0.2) is 8.46 Å². The van der Waals surface area contributed by atoms with E-state index in [-0.39, 0.29) is 8.46 Å². The Balaban J connectivity index is 2.47. The van der Waals surface area contributed by atoms with Crippen LogP contribution in [-0.4, -0.2) is 9.97 Å². The molecule has 68 valence electrons. The molecule has 0 fully saturated rings. The second-order valence-corrected chi connectivity index (χ2v) is 3.40. The van der Waals surface area contributed by atoms with Crippen molar-refractivity contribution >= 4 is 13.8 Å². The molecular weight excluding hydrogens is 195 g/mol. The quantitative estimate of drug-likeness (QED) is 0.700. The highest BCUT2D eigenvalue weighted by Crippen LogP contribution is 2.12. The molecule has 2 rings (SSSR count). The predicted octanol–water partition coefficient (Wildman–Crippen LogP) is 2.06. The normalized spacial score (nSPS) is 10.3. The molecule has 0 saturated carbocycles. The van der Waals surface area contributed by atoms with Crippen molar-refractivity contribution in [3.8, 4) is 11.4 Å². The van der Waals surface area contributed by atoms with Crippen LogP contribution in [0.5, 0.6) is 0 Å². The Labute approximate surface area is 83.0 Å². The Morgan fingerprint density at radius 1 is 1.00 bits per heavy atom. The number of rotatable bonds is 2. The summed E-state index contributed by atoms with van der Waals surface area (Å²) in [6.45, 7) is 0. The van der Waals surface area contributed by atoms with Crippen LogP contribution in [0.2, 0.25) is 0 Å². The predicted molar refractivity (Wildman–Crippen MR) is 54.7 cm³/mol. The first-order valence-electron chi connectivity index (χ1n) is 4.11.